The summed E-state index contributed by atoms with van der Waals surface area (Å²) >= 11 is 0. The molecular formula is C18H23F3. The number of benzene rings is 1. The molecule has 1 fully saturated rings. The van der Waals surface area contributed by atoms with Crippen LogP contribution in [0.2, 0.25) is 0 Å². The molecule has 3 heteroatoms. The molecule has 0 heterocycles. The molecule has 0 nitrogen and oxygen atoms in total. The molecule has 116 valence electrons. The number of rotatable bonds is 5. The van der Waals surface area contributed by atoms with E-state index in [2.05, 4.69) is 6.92 Å². The first-order valence-corrected chi connectivity index (χ1v) is 7.91. The van der Waals surface area contributed by atoms with Crippen molar-refractivity contribution in [3.63, 3.8) is 0 Å². The van der Waals surface area contributed by atoms with Gasteiger partial charge in [-0.1, -0.05) is 51.2 Å². The van der Waals surface area contributed by atoms with Gasteiger partial charge in [0.05, 0.1) is 0 Å². The molecule has 0 bridgehead atoms. The van der Waals surface area contributed by atoms with Gasteiger partial charge in [-0.2, -0.15) is 0 Å². The summed E-state index contributed by atoms with van der Waals surface area (Å²) in [6.07, 6.45) is 12.2. The number of hydrogen-bond acceptors (Lipinski definition) is 0. The van der Waals surface area contributed by atoms with Crippen molar-refractivity contribution in [2.24, 2.45) is 11.8 Å². The maximum absolute atomic E-state index is 13.1. The van der Waals surface area contributed by atoms with E-state index < -0.39 is 17.5 Å². The topological polar surface area (TPSA) is 0 Å². The molecule has 0 spiro atoms. The Morgan fingerprint density at radius 2 is 1.57 bits per heavy atom. The average Bonchev–Trinajstić information content (AvgIpc) is 2.49. The summed E-state index contributed by atoms with van der Waals surface area (Å²) in [6.45, 7) is 2.26. The van der Waals surface area contributed by atoms with Crippen LogP contribution in [-0.4, -0.2) is 0 Å². The summed E-state index contributed by atoms with van der Waals surface area (Å²) in [4.78, 5) is 0. The van der Waals surface area contributed by atoms with Crippen LogP contribution in [0.3, 0.4) is 0 Å². The first-order valence-electron chi connectivity index (χ1n) is 7.91. The van der Waals surface area contributed by atoms with Gasteiger partial charge in [0.15, 0.2) is 17.5 Å². The van der Waals surface area contributed by atoms with Gasteiger partial charge in [0.25, 0.3) is 0 Å². The van der Waals surface area contributed by atoms with Crippen molar-refractivity contribution in [1.82, 2.24) is 0 Å². The van der Waals surface area contributed by atoms with E-state index in [-0.39, 0.29) is 0 Å². The van der Waals surface area contributed by atoms with E-state index in [1.165, 1.54) is 32.1 Å². The molecule has 0 atom stereocenters. The Balaban J connectivity index is 1.78. The van der Waals surface area contributed by atoms with Gasteiger partial charge >= 0.3 is 0 Å². The fraction of sp³-hybridized carbons (Fsp3) is 0.556. The summed E-state index contributed by atoms with van der Waals surface area (Å²) < 4.78 is 39.0. The molecule has 0 aliphatic heterocycles. The number of halogens is 3. The van der Waals surface area contributed by atoms with E-state index in [4.69, 9.17) is 0 Å². The van der Waals surface area contributed by atoms with E-state index in [0.717, 1.165) is 36.8 Å². The molecule has 0 radical (unpaired) electrons. The van der Waals surface area contributed by atoms with Crippen LogP contribution in [0.25, 0.3) is 6.08 Å². The zero-order valence-corrected chi connectivity index (χ0v) is 12.5. The SMILES string of the molecule is CCC1CCC(CC/C=C\c2cc(F)c(F)c(F)c2)CC1. The maximum atomic E-state index is 13.1. The lowest BCUT2D eigenvalue weighted by Gasteiger charge is -2.27. The average molecular weight is 296 g/mol. The zero-order valence-electron chi connectivity index (χ0n) is 12.5. The lowest BCUT2D eigenvalue weighted by Crippen LogP contribution is -2.13. The van der Waals surface area contributed by atoms with Gasteiger partial charge in [-0.05, 0) is 42.4 Å². The number of hydrogen-bond donors (Lipinski definition) is 0. The summed E-state index contributed by atoms with van der Waals surface area (Å²) in [5.41, 5.74) is 0.376. The van der Waals surface area contributed by atoms with Crippen LogP contribution in [0.1, 0.15) is 57.4 Å². The highest BCUT2D eigenvalue weighted by Gasteiger charge is 2.19. The van der Waals surface area contributed by atoms with E-state index in [0.29, 0.717) is 5.56 Å². The van der Waals surface area contributed by atoms with E-state index >= 15 is 0 Å². The van der Waals surface area contributed by atoms with Crippen LogP contribution in [0.4, 0.5) is 13.2 Å². The van der Waals surface area contributed by atoms with Crippen LogP contribution in [-0.2, 0) is 0 Å². The Labute approximate surface area is 125 Å². The molecule has 0 aromatic heterocycles. The minimum Gasteiger partial charge on any atom is -0.204 e. The van der Waals surface area contributed by atoms with Gasteiger partial charge < -0.3 is 0 Å². The highest BCUT2D eigenvalue weighted by Crippen LogP contribution is 2.33. The molecule has 0 amide bonds. The summed E-state index contributed by atoms with van der Waals surface area (Å²) in [5.74, 6) is -1.99. The molecule has 21 heavy (non-hydrogen) atoms. The molecule has 2 rings (SSSR count). The second-order valence-electron chi connectivity index (χ2n) is 6.07. The van der Waals surface area contributed by atoms with E-state index in [1.54, 1.807) is 6.08 Å². The Morgan fingerprint density at radius 3 is 2.14 bits per heavy atom. The predicted octanol–water partition coefficient (Wildman–Crippen LogP) is 6.11. The Hall–Kier alpha value is -1.25. The monoisotopic (exact) mass is 296 g/mol. The minimum absolute atomic E-state index is 0.376. The van der Waals surface area contributed by atoms with Crippen molar-refractivity contribution in [2.45, 2.75) is 51.9 Å². The van der Waals surface area contributed by atoms with Gasteiger partial charge in [-0.3, -0.25) is 0 Å². The Bertz CT molecular complexity index is 462. The van der Waals surface area contributed by atoms with Gasteiger partial charge in [0.1, 0.15) is 0 Å². The minimum atomic E-state index is -1.40. The third kappa shape index (κ3) is 4.62. The van der Waals surface area contributed by atoms with Crippen molar-refractivity contribution in [3.8, 4) is 0 Å². The molecular weight excluding hydrogens is 273 g/mol. The first-order chi connectivity index (χ1) is 10.1. The number of allylic oxidation sites excluding steroid dienone is 1. The summed E-state index contributed by atoms with van der Waals surface area (Å²) in [5, 5.41) is 0. The standard InChI is InChI=1S/C18H23F3/c1-2-13-7-9-14(10-8-13)5-3-4-6-15-11-16(19)18(21)17(20)12-15/h4,6,11-14H,2-3,5,7-10H2,1H3/b6-4-. The second kappa shape index (κ2) is 7.67. The van der Waals surface area contributed by atoms with Gasteiger partial charge in [0.2, 0.25) is 0 Å². The quantitative estimate of drug-likeness (QED) is 0.575. The summed E-state index contributed by atoms with van der Waals surface area (Å²) in [7, 11) is 0. The van der Waals surface area contributed by atoms with Crippen LogP contribution in [0, 0.1) is 29.3 Å². The lowest BCUT2D eigenvalue weighted by atomic mass is 9.79. The normalized spacial score (nSPS) is 22.9. The van der Waals surface area contributed by atoms with Crippen LogP contribution in [0.5, 0.6) is 0 Å². The zero-order chi connectivity index (χ0) is 15.2. The van der Waals surface area contributed by atoms with Crippen molar-refractivity contribution >= 4 is 6.08 Å². The van der Waals surface area contributed by atoms with E-state index in [1.807, 2.05) is 6.08 Å². The Kier molecular flexibility index (Phi) is 5.89. The smallest absolute Gasteiger partial charge is 0.194 e. The van der Waals surface area contributed by atoms with Gasteiger partial charge in [0, 0.05) is 0 Å². The molecule has 0 N–H and O–H groups in total. The van der Waals surface area contributed by atoms with Crippen molar-refractivity contribution < 1.29 is 13.2 Å². The van der Waals surface area contributed by atoms with Crippen molar-refractivity contribution in [1.29, 1.82) is 0 Å². The van der Waals surface area contributed by atoms with Crippen LogP contribution in [0.15, 0.2) is 18.2 Å². The fourth-order valence-corrected chi connectivity index (χ4v) is 3.15. The van der Waals surface area contributed by atoms with Gasteiger partial charge in [-0.15, -0.1) is 0 Å². The molecule has 1 aliphatic carbocycles. The molecule has 1 aliphatic rings. The van der Waals surface area contributed by atoms with Crippen molar-refractivity contribution in [2.75, 3.05) is 0 Å². The largest absolute Gasteiger partial charge is 0.204 e. The van der Waals surface area contributed by atoms with Crippen LogP contribution < -0.4 is 0 Å². The van der Waals surface area contributed by atoms with Crippen molar-refractivity contribution in [3.05, 3.63) is 41.2 Å². The molecule has 1 saturated carbocycles. The molecule has 1 aromatic carbocycles. The first kappa shape index (κ1) is 16.1. The second-order valence-corrected chi connectivity index (χ2v) is 6.07. The van der Waals surface area contributed by atoms with Crippen LogP contribution >= 0.6 is 0 Å². The lowest BCUT2D eigenvalue weighted by molar-refractivity contribution is 0.260. The fourth-order valence-electron chi connectivity index (χ4n) is 3.15. The highest BCUT2D eigenvalue weighted by molar-refractivity contribution is 5.49. The Morgan fingerprint density at radius 1 is 1.00 bits per heavy atom. The van der Waals surface area contributed by atoms with Gasteiger partial charge in [-0.25, -0.2) is 13.2 Å². The third-order valence-corrected chi connectivity index (χ3v) is 4.60. The predicted molar refractivity (Wildman–Crippen MR) is 80.3 cm³/mol. The summed E-state index contributed by atoms with van der Waals surface area (Å²) in [6, 6.07) is 2.06. The molecule has 0 saturated heterocycles. The van der Waals surface area contributed by atoms with E-state index in [9.17, 15) is 13.2 Å². The molecule has 1 aromatic rings. The highest BCUT2D eigenvalue weighted by atomic mass is 19.2. The third-order valence-electron chi connectivity index (χ3n) is 4.60. The maximum Gasteiger partial charge on any atom is 0.194 e. The molecule has 0 unspecified atom stereocenters.